The third-order valence-corrected chi connectivity index (χ3v) is 7.48. The summed E-state index contributed by atoms with van der Waals surface area (Å²) in [5.74, 6) is -0.853. The molecule has 1 aromatic heterocycles. The van der Waals surface area contributed by atoms with Gasteiger partial charge in [0.15, 0.2) is 0 Å². The third kappa shape index (κ3) is 6.94. The number of amides is 2. The minimum absolute atomic E-state index is 0.155. The number of aromatic nitrogens is 1. The van der Waals surface area contributed by atoms with Crippen LogP contribution in [0.4, 0.5) is 14.6 Å². The van der Waals surface area contributed by atoms with Crippen molar-refractivity contribution >= 4 is 17.6 Å². The van der Waals surface area contributed by atoms with Gasteiger partial charge in [-0.25, -0.2) is 13.8 Å². The van der Waals surface area contributed by atoms with E-state index in [1.807, 2.05) is 13.0 Å². The second-order valence-electron chi connectivity index (χ2n) is 10.5. The van der Waals surface area contributed by atoms with Gasteiger partial charge in [-0.3, -0.25) is 9.59 Å². The van der Waals surface area contributed by atoms with Crippen LogP contribution >= 0.6 is 0 Å². The van der Waals surface area contributed by atoms with Crippen LogP contribution in [0, 0.1) is 29.9 Å². The molecule has 1 aliphatic carbocycles. The van der Waals surface area contributed by atoms with Crippen molar-refractivity contribution in [3.8, 4) is 0 Å². The summed E-state index contributed by atoms with van der Waals surface area (Å²) in [6.45, 7) is 3.79. The average molecular weight is 521 g/mol. The maximum Gasteiger partial charge on any atom is 0.242 e. The first-order valence-corrected chi connectivity index (χ1v) is 12.9. The minimum Gasteiger partial charge on any atom is -0.384 e. The van der Waals surface area contributed by atoms with Crippen LogP contribution < -0.4 is 16.4 Å². The lowest BCUT2D eigenvalue weighted by Crippen LogP contribution is -2.46. The monoisotopic (exact) mass is 520 g/mol. The van der Waals surface area contributed by atoms with E-state index in [2.05, 4.69) is 15.6 Å². The third-order valence-electron chi connectivity index (χ3n) is 7.48. The van der Waals surface area contributed by atoms with Gasteiger partial charge in [0.2, 0.25) is 11.8 Å². The van der Waals surface area contributed by atoms with Crippen molar-refractivity contribution in [1.82, 2.24) is 15.6 Å². The first kappa shape index (κ1) is 27.2. The van der Waals surface area contributed by atoms with Gasteiger partial charge in [-0.05, 0) is 98.4 Å². The highest BCUT2D eigenvalue weighted by Gasteiger charge is 2.42. The molecule has 4 rings (SSSR count). The Labute approximate surface area is 222 Å². The van der Waals surface area contributed by atoms with Gasteiger partial charge in [0.25, 0.3) is 0 Å². The van der Waals surface area contributed by atoms with Crippen molar-refractivity contribution in [2.75, 3.05) is 5.73 Å². The van der Waals surface area contributed by atoms with Gasteiger partial charge in [-0.2, -0.15) is 0 Å². The predicted octanol–water partition coefficient (Wildman–Crippen LogP) is 4.64. The van der Waals surface area contributed by atoms with E-state index in [1.165, 1.54) is 24.3 Å². The second kappa shape index (κ2) is 11.7. The number of hydrogen-bond acceptors (Lipinski definition) is 4. The maximum atomic E-state index is 13.5. The Hall–Kier alpha value is -3.81. The SMILES string of the molecule is Cc1nc(N)ccc1CNC(=O)[C@H](C)NC(=O)[C@@H]1CCC(Cc2ccc(F)cc2)(Cc2ccc(F)cc2)C1. The van der Waals surface area contributed by atoms with Gasteiger partial charge in [0.05, 0.1) is 0 Å². The van der Waals surface area contributed by atoms with Crippen molar-refractivity contribution in [3.05, 3.63) is 94.7 Å². The van der Waals surface area contributed by atoms with Crippen LogP contribution in [-0.2, 0) is 29.0 Å². The van der Waals surface area contributed by atoms with Crippen LogP contribution in [0.2, 0.25) is 0 Å². The molecule has 0 bridgehead atoms. The Balaban J connectivity index is 1.39. The highest BCUT2D eigenvalue weighted by Crippen LogP contribution is 2.47. The summed E-state index contributed by atoms with van der Waals surface area (Å²) in [5.41, 5.74) is 9.04. The molecule has 4 N–H and O–H groups in total. The number of nitrogen functional groups attached to an aromatic ring is 1. The molecule has 0 aliphatic heterocycles. The van der Waals surface area contributed by atoms with Crippen molar-refractivity contribution in [3.63, 3.8) is 0 Å². The first-order valence-electron chi connectivity index (χ1n) is 12.9. The number of rotatable bonds is 9. The fraction of sp³-hybridized carbons (Fsp3) is 0.367. The molecular formula is C30H34F2N4O2. The number of anilines is 1. The molecule has 1 saturated carbocycles. The van der Waals surface area contributed by atoms with Crippen LogP contribution in [0.5, 0.6) is 0 Å². The zero-order valence-corrected chi connectivity index (χ0v) is 21.8. The molecule has 0 saturated heterocycles. The molecule has 200 valence electrons. The smallest absolute Gasteiger partial charge is 0.242 e. The van der Waals surface area contributed by atoms with Gasteiger partial charge in [0.1, 0.15) is 23.5 Å². The van der Waals surface area contributed by atoms with Gasteiger partial charge >= 0.3 is 0 Å². The summed E-state index contributed by atoms with van der Waals surface area (Å²) in [4.78, 5) is 30.1. The number of hydrogen-bond donors (Lipinski definition) is 3. The standard InChI is InChI=1S/C30H34F2N4O2/c1-19-24(7-12-27(33)35-19)18-34-28(37)20(2)36-29(38)23-13-14-30(17-23,15-21-3-8-25(31)9-4-21)16-22-5-10-26(32)11-6-22/h3-12,20,23H,13-18H2,1-2H3,(H2,33,35)(H,34,37)(H,36,38)/t20-,23+/m0/s1. The second-order valence-corrected chi connectivity index (χ2v) is 10.5. The number of benzene rings is 2. The quantitative estimate of drug-likeness (QED) is 0.383. The number of nitrogens with zero attached hydrogens (tertiary/aromatic N) is 1. The number of aryl methyl sites for hydroxylation is 1. The topological polar surface area (TPSA) is 97.1 Å². The fourth-order valence-corrected chi connectivity index (χ4v) is 5.41. The van der Waals surface area contributed by atoms with E-state index < -0.39 is 6.04 Å². The van der Waals surface area contributed by atoms with Crippen molar-refractivity contribution in [1.29, 1.82) is 0 Å². The summed E-state index contributed by atoms with van der Waals surface area (Å²) in [6, 6.07) is 15.7. The Morgan fingerprint density at radius 1 is 1.00 bits per heavy atom. The lowest BCUT2D eigenvalue weighted by Gasteiger charge is -2.30. The fourth-order valence-electron chi connectivity index (χ4n) is 5.41. The molecule has 8 heteroatoms. The summed E-state index contributed by atoms with van der Waals surface area (Å²) < 4.78 is 27.0. The highest BCUT2D eigenvalue weighted by atomic mass is 19.1. The van der Waals surface area contributed by atoms with E-state index >= 15 is 0 Å². The van der Waals surface area contributed by atoms with Crippen LogP contribution in [0.15, 0.2) is 60.7 Å². The van der Waals surface area contributed by atoms with E-state index in [9.17, 15) is 18.4 Å². The first-order chi connectivity index (χ1) is 18.1. The van der Waals surface area contributed by atoms with Gasteiger partial charge in [0, 0.05) is 18.2 Å². The van der Waals surface area contributed by atoms with Gasteiger partial charge in [-0.1, -0.05) is 30.3 Å². The molecule has 0 radical (unpaired) electrons. The molecule has 38 heavy (non-hydrogen) atoms. The zero-order valence-electron chi connectivity index (χ0n) is 21.8. The number of carbonyl (C=O) groups is 2. The number of pyridine rings is 1. The average Bonchev–Trinajstić information content (AvgIpc) is 3.30. The lowest BCUT2D eigenvalue weighted by molar-refractivity contribution is -0.130. The predicted molar refractivity (Wildman–Crippen MR) is 143 cm³/mol. The normalized spacial score (nSPS) is 17.1. The molecule has 2 atom stereocenters. The summed E-state index contributed by atoms with van der Waals surface area (Å²) >= 11 is 0. The minimum atomic E-state index is -0.700. The van der Waals surface area contributed by atoms with Crippen LogP contribution in [0.25, 0.3) is 0 Å². The Bertz CT molecular complexity index is 1230. The largest absolute Gasteiger partial charge is 0.384 e. The van der Waals surface area contributed by atoms with E-state index in [-0.39, 0.29) is 34.8 Å². The molecule has 1 aliphatic rings. The summed E-state index contributed by atoms with van der Waals surface area (Å²) in [6.07, 6.45) is 3.46. The van der Waals surface area contributed by atoms with E-state index in [4.69, 9.17) is 5.73 Å². The van der Waals surface area contributed by atoms with E-state index in [0.717, 1.165) is 28.8 Å². The van der Waals surface area contributed by atoms with Crippen molar-refractivity contribution in [2.45, 2.75) is 58.5 Å². The van der Waals surface area contributed by atoms with Crippen LogP contribution in [0.3, 0.4) is 0 Å². The molecule has 3 aromatic rings. The number of nitrogens with one attached hydrogen (secondary N) is 2. The molecule has 1 fully saturated rings. The lowest BCUT2D eigenvalue weighted by atomic mass is 9.74. The van der Waals surface area contributed by atoms with Gasteiger partial charge in [-0.15, -0.1) is 0 Å². The Morgan fingerprint density at radius 3 is 2.13 bits per heavy atom. The molecule has 0 unspecified atom stereocenters. The Kier molecular flexibility index (Phi) is 8.39. The molecule has 2 aromatic carbocycles. The molecule has 2 amide bonds. The maximum absolute atomic E-state index is 13.5. The highest BCUT2D eigenvalue weighted by molar-refractivity contribution is 5.88. The molecular weight excluding hydrogens is 486 g/mol. The van der Waals surface area contributed by atoms with E-state index in [0.29, 0.717) is 38.0 Å². The van der Waals surface area contributed by atoms with Crippen LogP contribution in [0.1, 0.15) is 48.6 Å². The van der Waals surface area contributed by atoms with Gasteiger partial charge < -0.3 is 16.4 Å². The number of halogens is 2. The molecule has 1 heterocycles. The van der Waals surface area contributed by atoms with Crippen molar-refractivity contribution < 1.29 is 18.4 Å². The number of carbonyl (C=O) groups excluding carboxylic acids is 2. The van der Waals surface area contributed by atoms with E-state index in [1.54, 1.807) is 37.3 Å². The summed E-state index contributed by atoms with van der Waals surface area (Å²) in [5, 5.41) is 5.73. The molecule has 6 nitrogen and oxygen atoms in total. The Morgan fingerprint density at radius 2 is 1.58 bits per heavy atom. The van der Waals surface area contributed by atoms with Crippen LogP contribution in [-0.4, -0.2) is 22.8 Å². The zero-order chi connectivity index (χ0) is 27.3. The number of nitrogens with two attached hydrogens (primary N) is 1. The van der Waals surface area contributed by atoms with Crippen molar-refractivity contribution in [2.24, 2.45) is 11.3 Å². The molecule has 0 spiro atoms. The summed E-state index contributed by atoms with van der Waals surface area (Å²) in [7, 11) is 0.